The lowest BCUT2D eigenvalue weighted by atomic mass is 10.1. The maximum Gasteiger partial charge on any atom is 0.231 e. The van der Waals surface area contributed by atoms with Crippen molar-refractivity contribution >= 4 is 17.3 Å². The molecule has 1 amide bonds. The van der Waals surface area contributed by atoms with Crippen LogP contribution in [0.25, 0.3) is 0 Å². The molecular formula is C16H14F2N2O. The Hall–Kier alpha value is -2.43. The third-order valence-electron chi connectivity index (χ3n) is 3.65. The highest BCUT2D eigenvalue weighted by Crippen LogP contribution is 2.30. The van der Waals surface area contributed by atoms with Crippen molar-refractivity contribution in [3.05, 3.63) is 59.2 Å². The summed E-state index contributed by atoms with van der Waals surface area (Å²) in [4.78, 5) is 13.9. The number of nitrogen functional groups attached to an aromatic ring is 1. The number of nitrogens with zero attached hydrogens (tertiary/aromatic N) is 1. The van der Waals surface area contributed by atoms with Gasteiger partial charge in [0, 0.05) is 23.5 Å². The monoisotopic (exact) mass is 288 g/mol. The first-order chi connectivity index (χ1) is 10.0. The summed E-state index contributed by atoms with van der Waals surface area (Å²) in [5, 5.41) is 0. The topological polar surface area (TPSA) is 46.3 Å². The Kier molecular flexibility index (Phi) is 3.33. The average Bonchev–Trinajstić information content (AvgIpc) is 2.85. The van der Waals surface area contributed by atoms with Crippen LogP contribution in [0, 0.1) is 11.6 Å². The number of nitrogens with two attached hydrogens (primary N) is 1. The minimum atomic E-state index is -0.568. The van der Waals surface area contributed by atoms with Gasteiger partial charge in [-0.1, -0.05) is 0 Å². The molecule has 2 aromatic rings. The SMILES string of the molecule is Nc1ccc2c(c1)CCN2C(=O)Cc1cc(F)ccc1F. The summed E-state index contributed by atoms with van der Waals surface area (Å²) in [5.74, 6) is -1.36. The molecule has 2 aromatic carbocycles. The van der Waals surface area contributed by atoms with E-state index in [4.69, 9.17) is 5.73 Å². The average molecular weight is 288 g/mol. The van der Waals surface area contributed by atoms with Crippen LogP contribution in [0.3, 0.4) is 0 Å². The Labute approximate surface area is 121 Å². The Morgan fingerprint density at radius 3 is 2.81 bits per heavy atom. The minimum absolute atomic E-state index is 0.0731. The van der Waals surface area contributed by atoms with Gasteiger partial charge in [-0.15, -0.1) is 0 Å². The summed E-state index contributed by atoms with van der Waals surface area (Å²) in [6.07, 6.45) is 0.561. The van der Waals surface area contributed by atoms with E-state index < -0.39 is 11.6 Å². The van der Waals surface area contributed by atoms with Gasteiger partial charge in [0.2, 0.25) is 5.91 Å². The van der Waals surface area contributed by atoms with Gasteiger partial charge in [0.05, 0.1) is 6.42 Å². The van der Waals surface area contributed by atoms with E-state index in [0.717, 1.165) is 35.9 Å². The summed E-state index contributed by atoms with van der Waals surface area (Å²) in [5.41, 5.74) is 8.24. The Bertz CT molecular complexity index is 715. The number of fused-ring (bicyclic) bond motifs is 1. The van der Waals surface area contributed by atoms with Gasteiger partial charge in [0.15, 0.2) is 0 Å². The summed E-state index contributed by atoms with van der Waals surface area (Å²) in [6, 6.07) is 8.50. The summed E-state index contributed by atoms with van der Waals surface area (Å²) in [6.45, 7) is 0.536. The maximum absolute atomic E-state index is 13.6. The second-order valence-electron chi connectivity index (χ2n) is 5.10. The van der Waals surface area contributed by atoms with E-state index in [0.29, 0.717) is 12.2 Å². The number of hydrogen-bond donors (Lipinski definition) is 1. The second-order valence-corrected chi connectivity index (χ2v) is 5.10. The lowest BCUT2D eigenvalue weighted by Gasteiger charge is -2.17. The number of anilines is 2. The van der Waals surface area contributed by atoms with E-state index in [9.17, 15) is 13.6 Å². The summed E-state index contributed by atoms with van der Waals surface area (Å²) in [7, 11) is 0. The molecule has 5 heteroatoms. The van der Waals surface area contributed by atoms with Gasteiger partial charge in [-0.25, -0.2) is 8.78 Å². The second kappa shape index (κ2) is 5.16. The van der Waals surface area contributed by atoms with Crippen LogP contribution in [0.2, 0.25) is 0 Å². The fourth-order valence-electron chi connectivity index (χ4n) is 2.62. The van der Waals surface area contributed by atoms with E-state index in [2.05, 4.69) is 0 Å². The van der Waals surface area contributed by atoms with Crippen molar-refractivity contribution in [2.24, 2.45) is 0 Å². The summed E-state index contributed by atoms with van der Waals surface area (Å²) < 4.78 is 26.8. The van der Waals surface area contributed by atoms with Crippen LogP contribution in [0.5, 0.6) is 0 Å². The van der Waals surface area contributed by atoms with Crippen LogP contribution in [0.1, 0.15) is 11.1 Å². The number of carbonyl (C=O) groups is 1. The predicted octanol–water partition coefficient (Wildman–Crippen LogP) is 2.68. The van der Waals surface area contributed by atoms with E-state index in [1.165, 1.54) is 0 Å². The number of benzene rings is 2. The van der Waals surface area contributed by atoms with Crippen molar-refractivity contribution in [1.82, 2.24) is 0 Å². The smallest absolute Gasteiger partial charge is 0.231 e. The Morgan fingerprint density at radius 1 is 1.19 bits per heavy atom. The van der Waals surface area contributed by atoms with Crippen molar-refractivity contribution < 1.29 is 13.6 Å². The van der Waals surface area contributed by atoms with Gasteiger partial charge < -0.3 is 10.6 Å². The molecule has 21 heavy (non-hydrogen) atoms. The summed E-state index contributed by atoms with van der Waals surface area (Å²) >= 11 is 0. The van der Waals surface area contributed by atoms with Gasteiger partial charge in [0.25, 0.3) is 0 Å². The van der Waals surface area contributed by atoms with Crippen molar-refractivity contribution in [3.63, 3.8) is 0 Å². The van der Waals surface area contributed by atoms with Crippen LogP contribution >= 0.6 is 0 Å². The van der Waals surface area contributed by atoms with E-state index in [-0.39, 0.29) is 17.9 Å². The zero-order valence-electron chi connectivity index (χ0n) is 11.3. The minimum Gasteiger partial charge on any atom is -0.399 e. The lowest BCUT2D eigenvalue weighted by Crippen LogP contribution is -2.30. The molecule has 0 aromatic heterocycles. The molecule has 1 aliphatic rings. The molecule has 0 unspecified atom stereocenters. The highest BCUT2D eigenvalue weighted by Gasteiger charge is 2.25. The highest BCUT2D eigenvalue weighted by molar-refractivity contribution is 5.97. The number of carbonyl (C=O) groups excluding carboxylic acids is 1. The van der Waals surface area contributed by atoms with Gasteiger partial charge in [0.1, 0.15) is 11.6 Å². The molecule has 0 atom stereocenters. The van der Waals surface area contributed by atoms with Crippen LogP contribution in [0.4, 0.5) is 20.2 Å². The van der Waals surface area contributed by atoms with Crippen LogP contribution in [-0.2, 0) is 17.6 Å². The predicted molar refractivity (Wildman–Crippen MR) is 77.0 cm³/mol. The first-order valence-corrected chi connectivity index (χ1v) is 6.67. The molecule has 0 saturated heterocycles. The van der Waals surface area contributed by atoms with Crippen molar-refractivity contribution in [3.8, 4) is 0 Å². The van der Waals surface area contributed by atoms with Gasteiger partial charge in [-0.05, 0) is 48.4 Å². The molecule has 0 saturated carbocycles. The molecule has 0 radical (unpaired) electrons. The molecule has 1 aliphatic heterocycles. The van der Waals surface area contributed by atoms with Crippen molar-refractivity contribution in [2.45, 2.75) is 12.8 Å². The van der Waals surface area contributed by atoms with E-state index in [1.807, 2.05) is 6.07 Å². The van der Waals surface area contributed by atoms with Gasteiger partial charge in [-0.3, -0.25) is 4.79 Å². The van der Waals surface area contributed by atoms with E-state index >= 15 is 0 Å². The molecule has 3 rings (SSSR count). The standard InChI is InChI=1S/C16H14F2N2O/c17-12-1-3-14(18)11(7-12)9-16(21)20-6-5-10-8-13(19)2-4-15(10)20/h1-4,7-8H,5-6,9,19H2. The Balaban J connectivity index is 1.83. The first-order valence-electron chi connectivity index (χ1n) is 6.67. The zero-order valence-corrected chi connectivity index (χ0v) is 11.3. The lowest BCUT2D eigenvalue weighted by molar-refractivity contribution is -0.117. The molecule has 3 nitrogen and oxygen atoms in total. The molecule has 0 bridgehead atoms. The van der Waals surface area contributed by atoms with Crippen LogP contribution < -0.4 is 10.6 Å². The van der Waals surface area contributed by atoms with Crippen molar-refractivity contribution in [2.75, 3.05) is 17.2 Å². The molecular weight excluding hydrogens is 274 g/mol. The molecule has 0 fully saturated rings. The third-order valence-corrected chi connectivity index (χ3v) is 3.65. The normalized spacial score (nSPS) is 13.3. The molecule has 0 spiro atoms. The fraction of sp³-hybridized carbons (Fsp3) is 0.188. The van der Waals surface area contributed by atoms with Crippen LogP contribution in [0.15, 0.2) is 36.4 Å². The number of amides is 1. The molecule has 1 heterocycles. The largest absolute Gasteiger partial charge is 0.399 e. The fourth-order valence-corrected chi connectivity index (χ4v) is 2.62. The molecule has 2 N–H and O–H groups in total. The number of halogens is 2. The number of rotatable bonds is 2. The molecule has 0 aliphatic carbocycles. The van der Waals surface area contributed by atoms with Crippen LogP contribution in [-0.4, -0.2) is 12.5 Å². The Morgan fingerprint density at radius 2 is 2.00 bits per heavy atom. The first kappa shape index (κ1) is 13.5. The molecule has 108 valence electrons. The van der Waals surface area contributed by atoms with E-state index in [1.54, 1.807) is 17.0 Å². The van der Waals surface area contributed by atoms with Crippen molar-refractivity contribution in [1.29, 1.82) is 0 Å². The zero-order chi connectivity index (χ0) is 15.0. The quantitative estimate of drug-likeness (QED) is 0.864. The maximum atomic E-state index is 13.6. The van der Waals surface area contributed by atoms with Gasteiger partial charge in [-0.2, -0.15) is 0 Å². The number of hydrogen-bond acceptors (Lipinski definition) is 2. The van der Waals surface area contributed by atoms with Gasteiger partial charge >= 0.3 is 0 Å². The third kappa shape index (κ3) is 2.59. The highest BCUT2D eigenvalue weighted by atomic mass is 19.1.